The van der Waals surface area contributed by atoms with E-state index in [2.05, 4.69) is 5.32 Å². The summed E-state index contributed by atoms with van der Waals surface area (Å²) in [6, 6.07) is 5.77. The van der Waals surface area contributed by atoms with Gasteiger partial charge < -0.3 is 15.3 Å². The zero-order valence-electron chi connectivity index (χ0n) is 12.4. The molecule has 0 unspecified atom stereocenters. The number of urea groups is 1. The van der Waals surface area contributed by atoms with Crippen LogP contribution in [0.1, 0.15) is 11.1 Å². The molecule has 1 heterocycles. The highest BCUT2D eigenvalue weighted by atomic mass is 16.4. The van der Waals surface area contributed by atoms with Crippen LogP contribution in [0.25, 0.3) is 0 Å². The van der Waals surface area contributed by atoms with Crippen molar-refractivity contribution < 1.29 is 14.7 Å². The number of piperazine rings is 1. The number of aryl methyl sites for hydroxylation is 2. The molecule has 1 aliphatic rings. The number of anilines is 1. The lowest BCUT2D eigenvalue weighted by Crippen LogP contribution is -2.51. The van der Waals surface area contributed by atoms with Crippen molar-refractivity contribution in [3.8, 4) is 0 Å². The maximum Gasteiger partial charge on any atom is 0.321 e. The third kappa shape index (κ3) is 4.19. The zero-order valence-corrected chi connectivity index (χ0v) is 12.4. The molecule has 1 aromatic rings. The second kappa shape index (κ2) is 6.58. The minimum absolute atomic E-state index is 0.0343. The Morgan fingerprint density at radius 1 is 1.19 bits per heavy atom. The van der Waals surface area contributed by atoms with Crippen molar-refractivity contribution in [1.82, 2.24) is 9.80 Å². The van der Waals surface area contributed by atoms with Gasteiger partial charge in [-0.15, -0.1) is 0 Å². The van der Waals surface area contributed by atoms with Gasteiger partial charge in [0.2, 0.25) is 0 Å². The van der Waals surface area contributed by atoms with E-state index in [-0.39, 0.29) is 12.6 Å². The van der Waals surface area contributed by atoms with Crippen LogP contribution in [0.2, 0.25) is 0 Å². The highest BCUT2D eigenvalue weighted by molar-refractivity contribution is 5.90. The predicted octanol–water partition coefficient (Wildman–Crippen LogP) is 1.54. The number of benzene rings is 1. The first-order valence-corrected chi connectivity index (χ1v) is 7.03. The Balaban J connectivity index is 1.89. The quantitative estimate of drug-likeness (QED) is 0.886. The first kappa shape index (κ1) is 15.3. The van der Waals surface area contributed by atoms with E-state index < -0.39 is 5.97 Å². The number of nitrogens with one attached hydrogen (secondary N) is 1. The lowest BCUT2D eigenvalue weighted by molar-refractivity contribution is -0.138. The van der Waals surface area contributed by atoms with Crippen LogP contribution in [0.5, 0.6) is 0 Å². The zero-order chi connectivity index (χ0) is 15.4. The Morgan fingerprint density at radius 2 is 1.86 bits per heavy atom. The van der Waals surface area contributed by atoms with Crippen molar-refractivity contribution in [2.24, 2.45) is 0 Å². The monoisotopic (exact) mass is 291 g/mol. The summed E-state index contributed by atoms with van der Waals surface area (Å²) in [4.78, 5) is 26.4. The molecular weight excluding hydrogens is 270 g/mol. The number of carbonyl (C=O) groups excluding carboxylic acids is 1. The molecule has 0 saturated carbocycles. The van der Waals surface area contributed by atoms with E-state index >= 15 is 0 Å². The van der Waals surface area contributed by atoms with Crippen molar-refractivity contribution in [3.05, 3.63) is 29.3 Å². The number of rotatable bonds is 3. The van der Waals surface area contributed by atoms with Crippen molar-refractivity contribution in [2.75, 3.05) is 38.0 Å². The topological polar surface area (TPSA) is 72.9 Å². The minimum atomic E-state index is -0.830. The van der Waals surface area contributed by atoms with E-state index in [9.17, 15) is 9.59 Å². The highest BCUT2D eigenvalue weighted by Gasteiger charge is 2.22. The van der Waals surface area contributed by atoms with Crippen LogP contribution in [0.15, 0.2) is 18.2 Å². The molecule has 6 nitrogen and oxygen atoms in total. The lowest BCUT2D eigenvalue weighted by Gasteiger charge is -2.33. The second-order valence-corrected chi connectivity index (χ2v) is 5.41. The fourth-order valence-corrected chi connectivity index (χ4v) is 2.45. The third-order valence-corrected chi connectivity index (χ3v) is 3.64. The maximum absolute atomic E-state index is 12.2. The molecular formula is C15H21N3O3. The molecule has 0 aromatic heterocycles. The van der Waals surface area contributed by atoms with E-state index in [1.54, 1.807) is 4.90 Å². The number of amides is 2. The number of hydrogen-bond donors (Lipinski definition) is 2. The summed E-state index contributed by atoms with van der Waals surface area (Å²) in [5.41, 5.74) is 3.01. The van der Waals surface area contributed by atoms with Crippen molar-refractivity contribution in [2.45, 2.75) is 13.8 Å². The SMILES string of the molecule is Cc1ccc(NC(=O)N2CCN(CC(=O)O)CC2)c(C)c1. The molecule has 114 valence electrons. The third-order valence-electron chi connectivity index (χ3n) is 3.64. The first-order valence-electron chi connectivity index (χ1n) is 7.03. The second-order valence-electron chi connectivity index (χ2n) is 5.41. The van der Waals surface area contributed by atoms with Gasteiger partial charge in [0.15, 0.2) is 0 Å². The van der Waals surface area contributed by atoms with Crippen LogP contribution in [0.3, 0.4) is 0 Å². The van der Waals surface area contributed by atoms with Crippen LogP contribution in [-0.2, 0) is 4.79 Å². The van der Waals surface area contributed by atoms with E-state index in [1.165, 1.54) is 0 Å². The number of carboxylic acid groups (broad SMARTS) is 1. The van der Waals surface area contributed by atoms with Gasteiger partial charge in [-0.25, -0.2) is 4.79 Å². The Bertz CT molecular complexity index is 537. The summed E-state index contributed by atoms with van der Waals surface area (Å²) < 4.78 is 0. The number of nitrogens with zero attached hydrogens (tertiary/aromatic N) is 2. The Morgan fingerprint density at radius 3 is 2.43 bits per heavy atom. The van der Waals surface area contributed by atoms with Gasteiger partial charge in [-0.2, -0.15) is 0 Å². The summed E-state index contributed by atoms with van der Waals surface area (Å²) >= 11 is 0. The molecule has 0 bridgehead atoms. The van der Waals surface area contributed by atoms with Gasteiger partial charge in [-0.1, -0.05) is 17.7 Å². The Labute approximate surface area is 124 Å². The molecule has 1 aromatic carbocycles. The van der Waals surface area contributed by atoms with Gasteiger partial charge in [0, 0.05) is 31.9 Å². The number of carboxylic acids is 1. The Hall–Kier alpha value is -2.08. The maximum atomic E-state index is 12.2. The molecule has 0 aliphatic carbocycles. The normalized spacial score (nSPS) is 15.8. The summed E-state index contributed by atoms with van der Waals surface area (Å²) in [6.45, 7) is 6.29. The van der Waals surface area contributed by atoms with Crippen molar-refractivity contribution in [3.63, 3.8) is 0 Å². The van der Waals surface area contributed by atoms with Crippen molar-refractivity contribution >= 4 is 17.7 Å². The molecule has 0 radical (unpaired) electrons. The van der Waals surface area contributed by atoms with Crippen molar-refractivity contribution in [1.29, 1.82) is 0 Å². The summed E-state index contributed by atoms with van der Waals surface area (Å²) in [5, 5.41) is 11.7. The number of carbonyl (C=O) groups is 2. The molecule has 1 saturated heterocycles. The Kier molecular flexibility index (Phi) is 4.80. The van der Waals surface area contributed by atoms with Crippen LogP contribution in [0.4, 0.5) is 10.5 Å². The largest absolute Gasteiger partial charge is 0.480 e. The summed E-state index contributed by atoms with van der Waals surface area (Å²) in [5.74, 6) is -0.830. The van der Waals surface area contributed by atoms with E-state index in [4.69, 9.17) is 5.11 Å². The van der Waals surface area contributed by atoms with Crippen LogP contribution >= 0.6 is 0 Å². The van der Waals surface area contributed by atoms with E-state index in [1.807, 2.05) is 36.9 Å². The van der Waals surface area contributed by atoms with Gasteiger partial charge >= 0.3 is 12.0 Å². The van der Waals surface area contributed by atoms with Crippen LogP contribution < -0.4 is 5.32 Å². The van der Waals surface area contributed by atoms with Gasteiger partial charge in [-0.05, 0) is 25.5 Å². The number of hydrogen-bond acceptors (Lipinski definition) is 3. The van der Waals surface area contributed by atoms with E-state index in [0.717, 1.165) is 16.8 Å². The first-order chi connectivity index (χ1) is 9.95. The predicted molar refractivity (Wildman–Crippen MR) is 80.6 cm³/mol. The molecule has 2 rings (SSSR count). The molecule has 21 heavy (non-hydrogen) atoms. The van der Waals surface area contributed by atoms with E-state index in [0.29, 0.717) is 26.2 Å². The summed E-state index contributed by atoms with van der Waals surface area (Å²) in [7, 11) is 0. The van der Waals surface area contributed by atoms with Gasteiger partial charge in [0.25, 0.3) is 0 Å². The van der Waals surface area contributed by atoms with Crippen LogP contribution in [0, 0.1) is 13.8 Å². The molecule has 0 spiro atoms. The molecule has 1 fully saturated rings. The average Bonchev–Trinajstić information content (AvgIpc) is 2.42. The fraction of sp³-hybridized carbons (Fsp3) is 0.467. The fourth-order valence-electron chi connectivity index (χ4n) is 2.45. The average molecular weight is 291 g/mol. The highest BCUT2D eigenvalue weighted by Crippen LogP contribution is 2.17. The summed E-state index contributed by atoms with van der Waals surface area (Å²) in [6.07, 6.45) is 0. The standard InChI is InChI=1S/C15H21N3O3/c1-11-3-4-13(12(2)9-11)16-15(21)18-7-5-17(6-8-18)10-14(19)20/h3-4,9H,5-8,10H2,1-2H3,(H,16,21)(H,19,20). The van der Waals surface area contributed by atoms with Gasteiger partial charge in [0.1, 0.15) is 0 Å². The molecule has 2 amide bonds. The smallest absolute Gasteiger partial charge is 0.321 e. The van der Waals surface area contributed by atoms with Crippen LogP contribution in [-0.4, -0.2) is 59.6 Å². The molecule has 0 atom stereocenters. The molecule has 1 aliphatic heterocycles. The number of aliphatic carboxylic acids is 1. The minimum Gasteiger partial charge on any atom is -0.480 e. The lowest BCUT2D eigenvalue weighted by atomic mass is 10.1. The van der Waals surface area contributed by atoms with Gasteiger partial charge in [0.05, 0.1) is 6.54 Å². The molecule has 6 heteroatoms. The van der Waals surface area contributed by atoms with Gasteiger partial charge in [-0.3, -0.25) is 9.69 Å². The molecule has 2 N–H and O–H groups in total.